The molecule has 11 heteroatoms. The van der Waals surface area contributed by atoms with Crippen molar-refractivity contribution in [3.8, 4) is 28.7 Å². The van der Waals surface area contributed by atoms with Crippen LogP contribution in [0, 0.1) is 5.82 Å². The summed E-state index contributed by atoms with van der Waals surface area (Å²) in [4.78, 5) is 37.6. The van der Waals surface area contributed by atoms with Crippen molar-refractivity contribution in [2.24, 2.45) is 0 Å². The molecule has 1 aliphatic heterocycles. The summed E-state index contributed by atoms with van der Waals surface area (Å²) in [5, 5.41) is 2.81. The number of imidazole rings is 2. The van der Waals surface area contributed by atoms with Crippen LogP contribution < -0.4 is 15.0 Å². The first-order chi connectivity index (χ1) is 20.9. The second-order valence-electron chi connectivity index (χ2n) is 10.6. The van der Waals surface area contributed by atoms with Crippen LogP contribution in [0.3, 0.4) is 0 Å². The number of anilines is 2. The lowest BCUT2D eigenvalue weighted by Gasteiger charge is -2.34. The number of hydrogen-bond donors (Lipinski definition) is 3. The summed E-state index contributed by atoms with van der Waals surface area (Å²) in [6.07, 6.45) is 1.69. The number of hydrogen-bond acceptors (Lipinski definition) is 7. The number of halogens is 1. The van der Waals surface area contributed by atoms with Gasteiger partial charge in [0.1, 0.15) is 5.82 Å². The molecule has 3 aromatic heterocycles. The van der Waals surface area contributed by atoms with E-state index in [0.29, 0.717) is 45.5 Å². The van der Waals surface area contributed by atoms with Gasteiger partial charge < -0.3 is 29.8 Å². The van der Waals surface area contributed by atoms with Gasteiger partial charge in [-0.05, 0) is 73.3 Å². The quantitative estimate of drug-likeness (QED) is 0.246. The number of methoxy groups -OCH3 is 1. The second kappa shape index (κ2) is 10.8. The Morgan fingerprint density at radius 1 is 0.907 bits per heavy atom. The predicted octanol–water partition coefficient (Wildman–Crippen LogP) is 5.32. The number of benzene rings is 3. The number of fused-ring (bicyclic) bond motifs is 2. The average molecular weight is 577 g/mol. The molecular weight excluding hydrogens is 547 g/mol. The van der Waals surface area contributed by atoms with Gasteiger partial charge in [0.25, 0.3) is 5.91 Å². The van der Waals surface area contributed by atoms with E-state index in [2.05, 4.69) is 37.2 Å². The number of aromatic amines is 2. The Balaban J connectivity index is 1.10. The monoisotopic (exact) mass is 576 g/mol. The van der Waals surface area contributed by atoms with Crippen LogP contribution in [0.4, 0.5) is 15.8 Å². The Bertz CT molecular complexity index is 1980. The Morgan fingerprint density at radius 3 is 2.35 bits per heavy atom. The van der Waals surface area contributed by atoms with E-state index >= 15 is 0 Å². The molecule has 0 bridgehead atoms. The lowest BCUT2D eigenvalue weighted by Crippen LogP contribution is -2.44. The van der Waals surface area contributed by atoms with Gasteiger partial charge in [0.2, 0.25) is 5.88 Å². The van der Waals surface area contributed by atoms with Crippen LogP contribution in [0.15, 0.2) is 72.9 Å². The maximum atomic E-state index is 14.9. The Labute approximate surface area is 246 Å². The number of nitrogens with one attached hydrogen (secondary N) is 3. The van der Waals surface area contributed by atoms with Gasteiger partial charge in [-0.1, -0.05) is 6.07 Å². The highest BCUT2D eigenvalue weighted by molar-refractivity contribution is 6.06. The maximum absolute atomic E-state index is 14.9. The highest BCUT2D eigenvalue weighted by atomic mass is 19.1. The zero-order valence-electron chi connectivity index (χ0n) is 23.7. The van der Waals surface area contributed by atoms with Crippen molar-refractivity contribution < 1.29 is 13.9 Å². The largest absolute Gasteiger partial charge is 0.481 e. The normalized spacial score (nSPS) is 14.0. The van der Waals surface area contributed by atoms with Gasteiger partial charge in [0, 0.05) is 49.2 Å². The lowest BCUT2D eigenvalue weighted by atomic mass is 10.1. The first-order valence-corrected chi connectivity index (χ1v) is 14.0. The van der Waals surface area contributed by atoms with Crippen LogP contribution in [-0.4, -0.2) is 76.1 Å². The van der Waals surface area contributed by atoms with Gasteiger partial charge >= 0.3 is 0 Å². The first-order valence-electron chi connectivity index (χ1n) is 14.0. The molecule has 1 saturated heterocycles. The summed E-state index contributed by atoms with van der Waals surface area (Å²) < 4.78 is 20.4. The van der Waals surface area contributed by atoms with E-state index in [1.54, 1.807) is 43.6 Å². The number of nitrogens with zero attached hydrogens (tertiary/aromatic N) is 5. The number of piperazine rings is 1. The Hall–Kier alpha value is -5.29. The Morgan fingerprint density at radius 2 is 1.63 bits per heavy atom. The molecule has 3 aromatic carbocycles. The zero-order chi connectivity index (χ0) is 29.5. The molecular formula is C32H29FN8O2. The number of amides is 1. The topological polar surface area (TPSA) is 115 Å². The van der Waals surface area contributed by atoms with E-state index in [9.17, 15) is 9.18 Å². The molecule has 0 saturated carbocycles. The first kappa shape index (κ1) is 26.6. The molecule has 4 heterocycles. The number of pyridine rings is 1. The van der Waals surface area contributed by atoms with Crippen molar-refractivity contribution in [2.75, 3.05) is 50.6 Å². The van der Waals surface area contributed by atoms with Crippen LogP contribution >= 0.6 is 0 Å². The van der Waals surface area contributed by atoms with Gasteiger partial charge in [-0.3, -0.25) is 4.79 Å². The molecule has 1 amide bonds. The highest BCUT2D eigenvalue weighted by Crippen LogP contribution is 2.31. The van der Waals surface area contributed by atoms with Crippen molar-refractivity contribution in [3.05, 3.63) is 84.3 Å². The summed E-state index contributed by atoms with van der Waals surface area (Å²) in [6, 6.07) is 19.8. The summed E-state index contributed by atoms with van der Waals surface area (Å²) in [5.74, 6) is 0.973. The fourth-order valence-corrected chi connectivity index (χ4v) is 5.42. The molecule has 43 heavy (non-hydrogen) atoms. The van der Waals surface area contributed by atoms with Gasteiger partial charge in [-0.2, -0.15) is 0 Å². The van der Waals surface area contributed by atoms with Crippen molar-refractivity contribution in [1.29, 1.82) is 0 Å². The third kappa shape index (κ3) is 5.15. The minimum atomic E-state index is -0.353. The summed E-state index contributed by atoms with van der Waals surface area (Å²) in [6.45, 7) is 3.30. The van der Waals surface area contributed by atoms with Crippen molar-refractivity contribution >= 4 is 39.3 Å². The zero-order valence-corrected chi connectivity index (χ0v) is 23.7. The number of likely N-dealkylation sites (N-methyl/N-ethyl adjacent to an activating group) is 1. The molecule has 10 nitrogen and oxygen atoms in total. The number of rotatable bonds is 6. The van der Waals surface area contributed by atoms with Crippen LogP contribution in [0.1, 0.15) is 10.4 Å². The van der Waals surface area contributed by atoms with Crippen molar-refractivity contribution in [2.45, 2.75) is 0 Å². The second-order valence-corrected chi connectivity index (χ2v) is 10.6. The molecule has 0 aliphatic carbocycles. The summed E-state index contributed by atoms with van der Waals surface area (Å²) in [7, 11) is 3.66. The molecule has 0 radical (unpaired) electrons. The average Bonchev–Trinajstić information content (AvgIpc) is 3.65. The van der Waals surface area contributed by atoms with Gasteiger partial charge in [-0.25, -0.2) is 19.3 Å². The maximum Gasteiger partial charge on any atom is 0.255 e. The summed E-state index contributed by atoms with van der Waals surface area (Å²) >= 11 is 0. The number of ether oxygens (including phenoxy) is 1. The van der Waals surface area contributed by atoms with E-state index in [4.69, 9.17) is 9.72 Å². The van der Waals surface area contributed by atoms with Crippen LogP contribution in [0.2, 0.25) is 0 Å². The van der Waals surface area contributed by atoms with E-state index in [1.807, 2.05) is 35.2 Å². The molecule has 7 rings (SSSR count). The smallest absolute Gasteiger partial charge is 0.255 e. The molecule has 3 N–H and O–H groups in total. The third-order valence-electron chi connectivity index (χ3n) is 7.78. The standard InChI is InChI=1S/C32H29FN8O2/c1-40-12-14-41(15-13-40)28-10-7-21(18-23(28)33)35-31(42)20-6-9-25-27(17-20)39-30(37-25)29-36-24-8-5-19(16-26(24)38-29)22-4-3-11-34-32(22)43-2/h3-11,16-18H,12-15H2,1-2H3,(H,35,42)(H,36,38)(H,37,39). The highest BCUT2D eigenvalue weighted by Gasteiger charge is 2.19. The van der Waals surface area contributed by atoms with Crippen molar-refractivity contribution in [1.82, 2.24) is 29.8 Å². The van der Waals surface area contributed by atoms with Crippen molar-refractivity contribution in [3.63, 3.8) is 0 Å². The lowest BCUT2D eigenvalue weighted by molar-refractivity contribution is 0.102. The fraction of sp³-hybridized carbons (Fsp3) is 0.188. The third-order valence-corrected chi connectivity index (χ3v) is 7.78. The van der Waals surface area contributed by atoms with Crippen LogP contribution in [0.5, 0.6) is 5.88 Å². The number of H-pyrrole nitrogens is 2. The number of aromatic nitrogens is 5. The van der Waals surface area contributed by atoms with Crippen LogP contribution in [-0.2, 0) is 0 Å². The van der Waals surface area contributed by atoms with Gasteiger partial charge in [-0.15, -0.1) is 0 Å². The minimum Gasteiger partial charge on any atom is -0.481 e. The van der Waals surface area contributed by atoms with E-state index < -0.39 is 0 Å². The molecule has 1 aliphatic rings. The van der Waals surface area contributed by atoms with Crippen LogP contribution in [0.25, 0.3) is 44.8 Å². The number of carbonyl (C=O) groups excluding carboxylic acids is 1. The molecule has 0 atom stereocenters. The number of carbonyl (C=O) groups is 1. The van der Waals surface area contributed by atoms with Gasteiger partial charge in [0.05, 0.1) is 34.9 Å². The molecule has 6 aromatic rings. The summed E-state index contributed by atoms with van der Waals surface area (Å²) in [5.41, 5.74) is 6.19. The Kier molecular flexibility index (Phi) is 6.71. The molecule has 216 valence electrons. The van der Waals surface area contributed by atoms with E-state index in [-0.39, 0.29) is 11.7 Å². The fourth-order valence-electron chi connectivity index (χ4n) is 5.42. The van der Waals surface area contributed by atoms with Gasteiger partial charge in [0.15, 0.2) is 11.6 Å². The molecule has 0 spiro atoms. The predicted molar refractivity (Wildman–Crippen MR) is 165 cm³/mol. The SMILES string of the molecule is COc1ncccc1-c1ccc2nc(-c3nc4ccc(C(=O)Nc5ccc(N6CCN(C)CC6)c(F)c5)cc4[nH]3)[nH]c2c1. The molecule has 0 unspecified atom stereocenters. The molecule has 1 fully saturated rings. The minimum absolute atomic E-state index is 0.341. The van der Waals surface area contributed by atoms with E-state index in [1.165, 1.54) is 6.07 Å². The van der Waals surface area contributed by atoms with E-state index in [0.717, 1.165) is 48.3 Å².